The summed E-state index contributed by atoms with van der Waals surface area (Å²) in [6, 6.07) is 2.48. The highest BCUT2D eigenvalue weighted by molar-refractivity contribution is 6.33. The molecule has 6 rings (SSSR count). The lowest BCUT2D eigenvalue weighted by atomic mass is 10.00. The van der Waals surface area contributed by atoms with E-state index in [9.17, 15) is 27.2 Å². The highest BCUT2D eigenvalue weighted by Gasteiger charge is 2.51. The molecule has 2 fully saturated rings. The molecule has 1 saturated carbocycles. The number of pyridine rings is 1. The Hall–Kier alpha value is -3.81. The highest BCUT2D eigenvalue weighted by atomic mass is 35.5. The first-order valence-corrected chi connectivity index (χ1v) is 14.2. The van der Waals surface area contributed by atoms with E-state index in [-0.39, 0.29) is 47.2 Å². The van der Waals surface area contributed by atoms with Gasteiger partial charge in [0, 0.05) is 51.6 Å². The summed E-state index contributed by atoms with van der Waals surface area (Å²) in [6.07, 6.45) is 2.17. The molecule has 2 atom stereocenters. The zero-order chi connectivity index (χ0) is 30.8. The van der Waals surface area contributed by atoms with Crippen LogP contribution in [0.3, 0.4) is 0 Å². The molecule has 2 aliphatic heterocycles. The largest absolute Gasteiger partial charge is 0.480 e. The number of hydrogen-bond acceptors (Lipinski definition) is 8. The summed E-state index contributed by atoms with van der Waals surface area (Å²) in [5, 5.41) is 6.67. The Morgan fingerprint density at radius 3 is 2.67 bits per heavy atom. The Morgan fingerprint density at radius 2 is 1.98 bits per heavy atom. The van der Waals surface area contributed by atoms with E-state index < -0.39 is 48.4 Å². The topological polar surface area (TPSA) is 105 Å². The lowest BCUT2D eigenvalue weighted by Gasteiger charge is -2.42. The van der Waals surface area contributed by atoms with Crippen molar-refractivity contribution in [2.24, 2.45) is 13.0 Å². The van der Waals surface area contributed by atoms with Gasteiger partial charge in [0.25, 0.3) is 11.5 Å². The van der Waals surface area contributed by atoms with Crippen molar-refractivity contribution in [1.82, 2.24) is 19.4 Å². The van der Waals surface area contributed by atoms with Crippen LogP contribution in [0.5, 0.6) is 5.75 Å². The molecule has 4 heterocycles. The minimum atomic E-state index is -3.17. The van der Waals surface area contributed by atoms with Gasteiger partial charge in [-0.3, -0.25) is 9.59 Å². The molecule has 43 heavy (non-hydrogen) atoms. The van der Waals surface area contributed by atoms with E-state index in [0.717, 1.165) is 4.90 Å². The lowest BCUT2D eigenvalue weighted by molar-refractivity contribution is -0.142. The third-order valence-corrected chi connectivity index (χ3v) is 8.72. The number of fused-ring (bicyclic) bond motifs is 3. The molecule has 2 aromatic heterocycles. The van der Waals surface area contributed by atoms with E-state index in [1.807, 2.05) is 0 Å². The number of alkyl halides is 4. The quantitative estimate of drug-likeness (QED) is 0.397. The van der Waals surface area contributed by atoms with Crippen molar-refractivity contribution < 1.29 is 27.1 Å². The third-order valence-electron chi connectivity index (χ3n) is 8.45. The van der Waals surface area contributed by atoms with Crippen molar-refractivity contribution >= 4 is 51.6 Å². The number of hydrogen-bond donors (Lipinski definition) is 2. The molecule has 0 bridgehead atoms. The number of halogens is 5. The fraction of sp³-hybridized carbons (Fsp3) is 0.500. The van der Waals surface area contributed by atoms with Crippen LogP contribution in [0.15, 0.2) is 29.2 Å². The third kappa shape index (κ3) is 5.30. The zero-order valence-electron chi connectivity index (χ0n) is 23.6. The fourth-order valence-electron chi connectivity index (χ4n) is 5.71. The molecule has 3 aliphatic rings. The summed E-state index contributed by atoms with van der Waals surface area (Å²) in [5.74, 6) is -6.81. The molecule has 0 spiro atoms. The van der Waals surface area contributed by atoms with E-state index in [2.05, 4.69) is 20.6 Å². The van der Waals surface area contributed by atoms with Crippen LogP contribution in [0.1, 0.15) is 26.2 Å². The number of rotatable bonds is 5. The fourth-order valence-corrected chi connectivity index (χ4v) is 5.85. The van der Waals surface area contributed by atoms with Gasteiger partial charge in [-0.25, -0.2) is 22.5 Å². The van der Waals surface area contributed by atoms with Gasteiger partial charge in [0.2, 0.25) is 17.6 Å². The van der Waals surface area contributed by atoms with Crippen LogP contribution in [0.2, 0.25) is 5.02 Å². The molecule has 1 saturated heterocycles. The van der Waals surface area contributed by atoms with Gasteiger partial charge in [-0.05, 0) is 37.0 Å². The van der Waals surface area contributed by atoms with Gasteiger partial charge < -0.3 is 29.7 Å². The predicted molar refractivity (Wildman–Crippen MR) is 154 cm³/mol. The van der Waals surface area contributed by atoms with Gasteiger partial charge >= 0.3 is 5.92 Å². The number of carbonyl (C=O) groups is 1. The maximum absolute atomic E-state index is 15.0. The molecule has 0 radical (unpaired) electrons. The molecule has 10 nitrogen and oxygen atoms in total. The van der Waals surface area contributed by atoms with E-state index in [1.165, 1.54) is 31.8 Å². The summed E-state index contributed by atoms with van der Waals surface area (Å²) < 4.78 is 66.0. The van der Waals surface area contributed by atoms with Crippen molar-refractivity contribution in [1.29, 1.82) is 0 Å². The number of likely N-dealkylation sites (N-methyl/N-ethyl adjacent to an activating group) is 1. The van der Waals surface area contributed by atoms with E-state index >= 15 is 0 Å². The number of aryl methyl sites for hydroxylation is 1. The average Bonchev–Trinajstić information content (AvgIpc) is 3.80. The number of amides is 1. The molecule has 15 heteroatoms. The molecular formula is C28H30ClF4N7O3. The number of aromatic nitrogens is 3. The van der Waals surface area contributed by atoms with Gasteiger partial charge in [-0.2, -0.15) is 4.98 Å². The molecule has 1 amide bonds. The van der Waals surface area contributed by atoms with E-state index in [4.69, 9.17) is 16.3 Å². The maximum Gasteiger partial charge on any atom is 0.301 e. The van der Waals surface area contributed by atoms with Gasteiger partial charge in [-0.15, -0.1) is 0 Å². The number of benzene rings is 1. The molecule has 0 unspecified atom stereocenters. The first kappa shape index (κ1) is 29.3. The molecule has 3 aromatic rings. The Morgan fingerprint density at radius 1 is 1.23 bits per heavy atom. The van der Waals surface area contributed by atoms with Crippen molar-refractivity contribution in [3.8, 4) is 5.75 Å². The number of piperidine rings is 1. The SMILES string of the molecule is CC(=O)N(C)[C@H]1CN(c2ncc(Cl)c(Nc3ccc4c(c3)c3c(c(=O)n4C)OCC(F)(F)[C@H](C4CC4)N3)n2)CCC1(F)F. The number of ether oxygens (including phenoxy) is 1. The second kappa shape index (κ2) is 10.4. The predicted octanol–water partition coefficient (Wildman–Crippen LogP) is 4.64. The first-order valence-electron chi connectivity index (χ1n) is 13.9. The minimum Gasteiger partial charge on any atom is -0.480 e. The maximum atomic E-state index is 15.0. The summed E-state index contributed by atoms with van der Waals surface area (Å²) in [4.78, 5) is 36.2. The van der Waals surface area contributed by atoms with Gasteiger partial charge in [0.1, 0.15) is 11.1 Å². The molecule has 1 aliphatic carbocycles. The first-order chi connectivity index (χ1) is 20.3. The average molecular weight is 624 g/mol. The zero-order valence-corrected chi connectivity index (χ0v) is 24.4. The summed E-state index contributed by atoms with van der Waals surface area (Å²) in [5.41, 5.74) is 0.627. The summed E-state index contributed by atoms with van der Waals surface area (Å²) in [7, 11) is 2.87. The van der Waals surface area contributed by atoms with Crippen LogP contribution in [-0.2, 0) is 11.8 Å². The van der Waals surface area contributed by atoms with Crippen LogP contribution in [0.25, 0.3) is 10.9 Å². The Kier molecular flexibility index (Phi) is 7.09. The van der Waals surface area contributed by atoms with Crippen LogP contribution in [0.4, 0.5) is 40.7 Å². The molecule has 1 aromatic carbocycles. The Balaban J connectivity index is 1.34. The van der Waals surface area contributed by atoms with Gasteiger partial charge in [0.15, 0.2) is 12.4 Å². The second-order valence-corrected chi connectivity index (χ2v) is 11.8. The van der Waals surface area contributed by atoms with E-state index in [0.29, 0.717) is 29.4 Å². The lowest BCUT2D eigenvalue weighted by Crippen LogP contribution is -2.59. The van der Waals surface area contributed by atoms with Crippen LogP contribution in [-0.4, -0.2) is 76.0 Å². The van der Waals surface area contributed by atoms with E-state index in [1.54, 1.807) is 23.1 Å². The van der Waals surface area contributed by atoms with Crippen LogP contribution < -0.4 is 25.8 Å². The van der Waals surface area contributed by atoms with Crippen LogP contribution in [0, 0.1) is 5.92 Å². The number of anilines is 4. The summed E-state index contributed by atoms with van der Waals surface area (Å²) >= 11 is 6.40. The number of nitrogens with one attached hydrogen (secondary N) is 2. The van der Waals surface area contributed by atoms with Crippen LogP contribution >= 0.6 is 11.6 Å². The standard InChI is InChI=1S/C28H30ClF4N7O3/c1-14(41)38(2)20-12-40(9-8-27(20,30)31)26-34-11-18(29)24(37-26)35-16-6-7-19-17(10-16)21-22(25(42)39(19)3)43-13-28(32,33)23(36-21)15-4-5-15/h6-7,10-11,15,20,23,36H,4-5,8-9,12-13H2,1-3H3,(H,34,35,37)/t20-,23-/m0/s1. The normalized spacial score (nSPS) is 22.7. The second-order valence-electron chi connectivity index (χ2n) is 11.4. The highest BCUT2D eigenvalue weighted by Crippen LogP contribution is 2.45. The van der Waals surface area contributed by atoms with Crippen molar-refractivity contribution in [2.75, 3.05) is 42.3 Å². The smallest absolute Gasteiger partial charge is 0.301 e. The van der Waals surface area contributed by atoms with Gasteiger partial charge in [-0.1, -0.05) is 11.6 Å². The Bertz CT molecular complexity index is 1670. The number of carbonyl (C=O) groups excluding carboxylic acids is 1. The van der Waals surface area contributed by atoms with Crippen molar-refractivity contribution in [2.45, 2.75) is 50.1 Å². The summed E-state index contributed by atoms with van der Waals surface area (Å²) in [6.45, 7) is 0.108. The molecule has 2 N–H and O–H groups in total. The van der Waals surface area contributed by atoms with Gasteiger partial charge in [0.05, 0.1) is 23.4 Å². The van der Waals surface area contributed by atoms with Crippen molar-refractivity contribution in [3.63, 3.8) is 0 Å². The molecular weight excluding hydrogens is 594 g/mol. The monoisotopic (exact) mass is 623 g/mol. The molecule has 230 valence electrons. The minimum absolute atomic E-state index is 0.0368. The Labute approximate surface area is 249 Å². The number of nitrogens with zero attached hydrogens (tertiary/aromatic N) is 5. The van der Waals surface area contributed by atoms with Crippen molar-refractivity contribution in [3.05, 3.63) is 39.8 Å².